The standard InChI is InChI=1S/C10H18N2O2S/c1-2-7-15(13,14)12-10-5-3-9(8-11)4-6-10/h9-10,12H,2-7H2,1H3. The molecule has 1 fully saturated rings. The van der Waals surface area contributed by atoms with E-state index in [0.29, 0.717) is 6.42 Å². The maximum atomic E-state index is 11.5. The molecule has 1 N–H and O–H groups in total. The molecule has 0 amide bonds. The van der Waals surface area contributed by atoms with E-state index in [1.807, 2.05) is 6.92 Å². The number of nitrogens with zero attached hydrogens (tertiary/aromatic N) is 1. The molecule has 86 valence electrons. The van der Waals surface area contributed by atoms with Crippen molar-refractivity contribution in [3.05, 3.63) is 0 Å². The van der Waals surface area contributed by atoms with E-state index in [-0.39, 0.29) is 17.7 Å². The van der Waals surface area contributed by atoms with Crippen LogP contribution in [0, 0.1) is 17.2 Å². The van der Waals surface area contributed by atoms with E-state index in [9.17, 15) is 8.42 Å². The Morgan fingerprint density at radius 2 is 1.93 bits per heavy atom. The van der Waals surface area contributed by atoms with Crippen molar-refractivity contribution in [2.45, 2.75) is 45.1 Å². The molecule has 5 heteroatoms. The summed E-state index contributed by atoms with van der Waals surface area (Å²) >= 11 is 0. The summed E-state index contributed by atoms with van der Waals surface area (Å²) in [5.74, 6) is 0.322. The van der Waals surface area contributed by atoms with Crippen LogP contribution >= 0.6 is 0 Å². The third kappa shape index (κ3) is 4.18. The predicted molar refractivity (Wildman–Crippen MR) is 58.6 cm³/mol. The largest absolute Gasteiger partial charge is 0.212 e. The molecule has 0 spiro atoms. The number of rotatable bonds is 4. The summed E-state index contributed by atoms with van der Waals surface area (Å²) in [5.41, 5.74) is 0. The lowest BCUT2D eigenvalue weighted by Gasteiger charge is -2.25. The Morgan fingerprint density at radius 1 is 1.33 bits per heavy atom. The van der Waals surface area contributed by atoms with Gasteiger partial charge in [0, 0.05) is 12.0 Å². The number of nitrogens with one attached hydrogen (secondary N) is 1. The van der Waals surface area contributed by atoms with Gasteiger partial charge in [-0.1, -0.05) is 6.92 Å². The van der Waals surface area contributed by atoms with Gasteiger partial charge >= 0.3 is 0 Å². The minimum absolute atomic E-state index is 0.0474. The molecule has 1 aliphatic rings. The third-order valence-electron chi connectivity index (χ3n) is 2.73. The summed E-state index contributed by atoms with van der Waals surface area (Å²) < 4.78 is 25.7. The summed E-state index contributed by atoms with van der Waals surface area (Å²) in [6, 6.07) is 2.28. The van der Waals surface area contributed by atoms with Gasteiger partial charge in [0.25, 0.3) is 0 Å². The molecule has 0 aliphatic heterocycles. The van der Waals surface area contributed by atoms with E-state index in [0.717, 1.165) is 25.7 Å². The lowest BCUT2D eigenvalue weighted by molar-refractivity contribution is 0.361. The van der Waals surface area contributed by atoms with Crippen molar-refractivity contribution in [2.75, 3.05) is 5.75 Å². The van der Waals surface area contributed by atoms with Crippen LogP contribution in [0.1, 0.15) is 39.0 Å². The summed E-state index contributed by atoms with van der Waals surface area (Å²) in [7, 11) is -3.09. The summed E-state index contributed by atoms with van der Waals surface area (Å²) in [6.07, 6.45) is 3.86. The Kier molecular flexibility index (Phi) is 4.55. The number of sulfonamides is 1. The molecule has 1 rings (SSSR count). The monoisotopic (exact) mass is 230 g/mol. The summed E-state index contributed by atoms with van der Waals surface area (Å²) in [4.78, 5) is 0. The lowest BCUT2D eigenvalue weighted by Crippen LogP contribution is -2.38. The van der Waals surface area contributed by atoms with Crippen LogP contribution in [0.5, 0.6) is 0 Å². The smallest absolute Gasteiger partial charge is 0.211 e. The zero-order valence-electron chi connectivity index (χ0n) is 9.07. The van der Waals surface area contributed by atoms with Crippen LogP contribution in [0.4, 0.5) is 0 Å². The van der Waals surface area contributed by atoms with Gasteiger partial charge in [-0.2, -0.15) is 5.26 Å². The van der Waals surface area contributed by atoms with E-state index in [1.54, 1.807) is 0 Å². The average molecular weight is 230 g/mol. The van der Waals surface area contributed by atoms with Gasteiger partial charge in [0.05, 0.1) is 11.8 Å². The van der Waals surface area contributed by atoms with Crippen LogP contribution in [0.15, 0.2) is 0 Å². The van der Waals surface area contributed by atoms with Crippen molar-refractivity contribution in [1.82, 2.24) is 4.72 Å². The Hall–Kier alpha value is -0.600. The van der Waals surface area contributed by atoms with Crippen LogP contribution in [-0.2, 0) is 10.0 Å². The molecule has 4 nitrogen and oxygen atoms in total. The second kappa shape index (κ2) is 5.47. The molecule has 0 radical (unpaired) electrons. The number of hydrogen-bond acceptors (Lipinski definition) is 3. The average Bonchev–Trinajstić information content (AvgIpc) is 2.18. The van der Waals surface area contributed by atoms with Crippen molar-refractivity contribution in [2.24, 2.45) is 5.92 Å². The van der Waals surface area contributed by atoms with Gasteiger partial charge < -0.3 is 0 Å². The lowest BCUT2D eigenvalue weighted by atomic mass is 9.88. The highest BCUT2D eigenvalue weighted by molar-refractivity contribution is 7.89. The molecule has 1 aliphatic carbocycles. The van der Waals surface area contributed by atoms with E-state index in [1.165, 1.54) is 0 Å². The van der Waals surface area contributed by atoms with Crippen LogP contribution < -0.4 is 4.72 Å². The minimum atomic E-state index is -3.09. The van der Waals surface area contributed by atoms with E-state index < -0.39 is 10.0 Å². The van der Waals surface area contributed by atoms with E-state index in [2.05, 4.69) is 10.8 Å². The molecule has 0 aromatic carbocycles. The van der Waals surface area contributed by atoms with Gasteiger partial charge in [-0.3, -0.25) is 0 Å². The fraction of sp³-hybridized carbons (Fsp3) is 0.900. The Labute approximate surface area is 91.7 Å². The molecule has 0 saturated heterocycles. The molecule has 0 atom stereocenters. The van der Waals surface area contributed by atoms with Gasteiger partial charge in [-0.05, 0) is 32.1 Å². The van der Waals surface area contributed by atoms with Crippen molar-refractivity contribution in [3.8, 4) is 6.07 Å². The first kappa shape index (κ1) is 12.5. The minimum Gasteiger partial charge on any atom is -0.212 e. The van der Waals surface area contributed by atoms with E-state index in [4.69, 9.17) is 5.26 Å². The topological polar surface area (TPSA) is 70.0 Å². The van der Waals surface area contributed by atoms with Gasteiger partial charge in [-0.15, -0.1) is 0 Å². The van der Waals surface area contributed by atoms with Crippen molar-refractivity contribution in [1.29, 1.82) is 5.26 Å². The fourth-order valence-corrected chi connectivity index (χ4v) is 3.32. The highest BCUT2D eigenvalue weighted by Gasteiger charge is 2.23. The first-order chi connectivity index (χ1) is 7.07. The summed E-state index contributed by atoms with van der Waals surface area (Å²) in [5, 5.41) is 8.71. The number of hydrogen-bond donors (Lipinski definition) is 1. The van der Waals surface area contributed by atoms with Gasteiger partial charge in [-0.25, -0.2) is 13.1 Å². The van der Waals surface area contributed by atoms with Gasteiger partial charge in [0.15, 0.2) is 0 Å². The molecule has 15 heavy (non-hydrogen) atoms. The normalized spacial score (nSPS) is 27.2. The van der Waals surface area contributed by atoms with Crippen molar-refractivity contribution >= 4 is 10.0 Å². The zero-order valence-corrected chi connectivity index (χ0v) is 9.89. The van der Waals surface area contributed by atoms with Gasteiger partial charge in [0.2, 0.25) is 10.0 Å². The summed E-state index contributed by atoms with van der Waals surface area (Å²) in [6.45, 7) is 1.85. The van der Waals surface area contributed by atoms with E-state index >= 15 is 0 Å². The molecule has 0 aromatic rings. The predicted octanol–water partition coefficient (Wildman–Crippen LogP) is 1.40. The third-order valence-corrected chi connectivity index (χ3v) is 4.37. The van der Waals surface area contributed by atoms with Crippen LogP contribution in [0.25, 0.3) is 0 Å². The van der Waals surface area contributed by atoms with Gasteiger partial charge in [0.1, 0.15) is 0 Å². The molecule has 1 saturated carbocycles. The molecule has 0 aromatic heterocycles. The molecule has 0 bridgehead atoms. The van der Waals surface area contributed by atoms with Crippen LogP contribution in [-0.4, -0.2) is 20.2 Å². The number of nitriles is 1. The van der Waals surface area contributed by atoms with Crippen molar-refractivity contribution < 1.29 is 8.42 Å². The molecular formula is C10H18N2O2S. The molecular weight excluding hydrogens is 212 g/mol. The Bertz CT molecular complexity index is 324. The first-order valence-corrected chi connectivity index (χ1v) is 7.12. The van der Waals surface area contributed by atoms with Crippen molar-refractivity contribution in [3.63, 3.8) is 0 Å². The highest BCUT2D eigenvalue weighted by atomic mass is 32.2. The highest BCUT2D eigenvalue weighted by Crippen LogP contribution is 2.23. The molecule has 0 unspecified atom stereocenters. The Morgan fingerprint density at radius 3 is 2.40 bits per heavy atom. The fourth-order valence-electron chi connectivity index (χ4n) is 1.92. The maximum Gasteiger partial charge on any atom is 0.211 e. The second-order valence-corrected chi connectivity index (χ2v) is 5.99. The Balaban J connectivity index is 2.39. The quantitative estimate of drug-likeness (QED) is 0.793. The second-order valence-electron chi connectivity index (χ2n) is 4.11. The maximum absolute atomic E-state index is 11.5. The zero-order chi connectivity index (χ0) is 11.3. The SMILES string of the molecule is CCCS(=O)(=O)NC1CCC(C#N)CC1. The van der Waals surface area contributed by atoms with Crippen LogP contribution in [0.3, 0.4) is 0 Å². The molecule has 0 heterocycles. The first-order valence-electron chi connectivity index (χ1n) is 5.47. The van der Waals surface area contributed by atoms with Crippen LogP contribution in [0.2, 0.25) is 0 Å².